The summed E-state index contributed by atoms with van der Waals surface area (Å²) in [6, 6.07) is 9.70. The predicted octanol–water partition coefficient (Wildman–Crippen LogP) is 3.86. The van der Waals surface area contributed by atoms with Crippen LogP contribution in [0.25, 0.3) is 11.7 Å². The lowest BCUT2D eigenvalue weighted by atomic mass is 10.1. The second kappa shape index (κ2) is 8.66. The highest BCUT2D eigenvalue weighted by Gasteiger charge is 2.30. The highest BCUT2D eigenvalue weighted by atomic mass is 19.4. The molecule has 1 aliphatic rings. The summed E-state index contributed by atoms with van der Waals surface area (Å²) in [4.78, 5) is 20.0. The normalized spacial score (nSPS) is 14.3. The van der Waals surface area contributed by atoms with Crippen molar-refractivity contribution in [1.82, 2.24) is 15.2 Å². The van der Waals surface area contributed by atoms with Crippen molar-refractivity contribution in [1.29, 1.82) is 5.26 Å². The molecule has 3 heterocycles. The largest absolute Gasteiger partial charge is 0.459 e. The van der Waals surface area contributed by atoms with Gasteiger partial charge in [-0.15, -0.1) is 0 Å². The smallest absolute Gasteiger partial charge is 0.416 e. The first-order valence-electron chi connectivity index (χ1n) is 9.74. The summed E-state index contributed by atoms with van der Waals surface area (Å²) in [6.07, 6.45) is -2.91. The van der Waals surface area contributed by atoms with E-state index in [1.54, 1.807) is 17.0 Å². The Morgan fingerprint density at radius 3 is 2.47 bits per heavy atom. The molecule has 0 spiro atoms. The van der Waals surface area contributed by atoms with Crippen molar-refractivity contribution in [2.75, 3.05) is 31.1 Å². The fraction of sp³-hybridized carbons (Fsp3) is 0.286. The van der Waals surface area contributed by atoms with Gasteiger partial charge in [0, 0.05) is 32.7 Å². The number of furan rings is 1. The lowest BCUT2D eigenvalue weighted by Crippen LogP contribution is -2.51. The molecule has 4 rings (SSSR count). The standard InChI is InChI=1S/C21H18F3N5O3/c22-21(23,24)15-5-3-14(4-6-15)13-26-20(30)29-9-7-28(8-10-29)19-16(12-25)27-18(32-19)17-2-1-11-31-17/h1-6,11H,7-10,13H2,(H,26,30). The average Bonchev–Trinajstić information content (AvgIpc) is 3.47. The number of carbonyl (C=O) groups is 1. The fourth-order valence-electron chi connectivity index (χ4n) is 3.32. The number of oxazole rings is 1. The SMILES string of the molecule is N#Cc1nc(-c2ccco2)oc1N1CCN(C(=O)NCc2ccc(C(F)(F)F)cc2)CC1. The van der Waals surface area contributed by atoms with Crippen LogP contribution >= 0.6 is 0 Å². The fourth-order valence-corrected chi connectivity index (χ4v) is 3.32. The van der Waals surface area contributed by atoms with E-state index in [1.807, 2.05) is 11.0 Å². The highest BCUT2D eigenvalue weighted by Crippen LogP contribution is 2.30. The maximum atomic E-state index is 12.6. The van der Waals surface area contributed by atoms with Gasteiger partial charge in [0.2, 0.25) is 11.6 Å². The van der Waals surface area contributed by atoms with E-state index in [4.69, 9.17) is 8.83 Å². The Kier molecular flexibility index (Phi) is 5.77. The van der Waals surface area contributed by atoms with Gasteiger partial charge in [-0.3, -0.25) is 0 Å². The topological polar surface area (TPSA) is 98.5 Å². The molecule has 0 saturated carbocycles. The van der Waals surface area contributed by atoms with Crippen LogP contribution in [0.5, 0.6) is 0 Å². The molecule has 2 aromatic heterocycles. The van der Waals surface area contributed by atoms with Gasteiger partial charge in [0.25, 0.3) is 5.89 Å². The van der Waals surface area contributed by atoms with Gasteiger partial charge in [0.15, 0.2) is 5.76 Å². The number of hydrogen-bond donors (Lipinski definition) is 1. The summed E-state index contributed by atoms with van der Waals surface area (Å²) >= 11 is 0. The summed E-state index contributed by atoms with van der Waals surface area (Å²) in [6.45, 7) is 1.72. The van der Waals surface area contributed by atoms with Crippen LogP contribution < -0.4 is 10.2 Å². The summed E-state index contributed by atoms with van der Waals surface area (Å²) in [5.74, 6) is 0.941. The molecule has 1 N–H and O–H groups in total. The molecule has 8 nitrogen and oxygen atoms in total. The molecular weight excluding hydrogens is 427 g/mol. The minimum Gasteiger partial charge on any atom is -0.459 e. The Bertz CT molecular complexity index is 1110. The second-order valence-corrected chi connectivity index (χ2v) is 7.09. The molecule has 1 fully saturated rings. The summed E-state index contributed by atoms with van der Waals surface area (Å²) in [5.41, 5.74) is -0.0320. The van der Waals surface area contributed by atoms with Crippen molar-refractivity contribution in [3.05, 3.63) is 59.5 Å². The first kappa shape index (κ1) is 21.3. The van der Waals surface area contributed by atoms with Crippen LogP contribution in [0, 0.1) is 11.3 Å². The van der Waals surface area contributed by atoms with E-state index in [1.165, 1.54) is 18.4 Å². The Balaban J connectivity index is 1.32. The van der Waals surface area contributed by atoms with Gasteiger partial charge in [-0.1, -0.05) is 12.1 Å². The molecule has 1 aromatic carbocycles. The lowest BCUT2D eigenvalue weighted by molar-refractivity contribution is -0.137. The number of piperazine rings is 1. The summed E-state index contributed by atoms with van der Waals surface area (Å²) < 4.78 is 48.9. The number of carbonyl (C=O) groups excluding carboxylic acids is 1. The third kappa shape index (κ3) is 4.54. The van der Waals surface area contributed by atoms with E-state index in [2.05, 4.69) is 10.3 Å². The number of rotatable bonds is 4. The first-order valence-corrected chi connectivity index (χ1v) is 9.74. The summed E-state index contributed by atoms with van der Waals surface area (Å²) in [7, 11) is 0. The predicted molar refractivity (Wildman–Crippen MR) is 106 cm³/mol. The van der Waals surface area contributed by atoms with Crippen molar-refractivity contribution >= 4 is 11.9 Å². The van der Waals surface area contributed by atoms with E-state index in [0.29, 0.717) is 43.4 Å². The van der Waals surface area contributed by atoms with Gasteiger partial charge in [-0.25, -0.2) is 4.79 Å². The molecule has 1 saturated heterocycles. The van der Waals surface area contributed by atoms with E-state index in [-0.39, 0.29) is 24.2 Å². The maximum Gasteiger partial charge on any atom is 0.416 e. The third-order valence-corrected chi connectivity index (χ3v) is 5.03. The van der Waals surface area contributed by atoms with E-state index < -0.39 is 11.7 Å². The van der Waals surface area contributed by atoms with Crippen LogP contribution in [0.2, 0.25) is 0 Å². The van der Waals surface area contributed by atoms with E-state index in [9.17, 15) is 23.2 Å². The number of nitrogens with one attached hydrogen (secondary N) is 1. The van der Waals surface area contributed by atoms with Crippen molar-refractivity contribution in [3.8, 4) is 17.7 Å². The lowest BCUT2D eigenvalue weighted by Gasteiger charge is -2.34. The number of urea groups is 1. The van der Waals surface area contributed by atoms with Crippen LogP contribution in [0.15, 0.2) is 51.5 Å². The van der Waals surface area contributed by atoms with Crippen molar-refractivity contribution < 1.29 is 26.8 Å². The molecular formula is C21H18F3N5O3. The van der Waals surface area contributed by atoms with Crippen molar-refractivity contribution in [2.24, 2.45) is 0 Å². The number of alkyl halides is 3. The average molecular weight is 445 g/mol. The molecule has 0 aliphatic carbocycles. The number of hydrogen-bond acceptors (Lipinski definition) is 6. The zero-order valence-electron chi connectivity index (χ0n) is 16.7. The van der Waals surface area contributed by atoms with Crippen LogP contribution in [0.1, 0.15) is 16.8 Å². The minimum atomic E-state index is -4.39. The maximum absolute atomic E-state index is 12.6. The first-order chi connectivity index (χ1) is 15.3. The number of nitrogens with zero attached hydrogens (tertiary/aromatic N) is 4. The van der Waals surface area contributed by atoms with E-state index >= 15 is 0 Å². The molecule has 0 atom stereocenters. The van der Waals surface area contributed by atoms with Crippen molar-refractivity contribution in [2.45, 2.75) is 12.7 Å². The van der Waals surface area contributed by atoms with Gasteiger partial charge in [0.05, 0.1) is 11.8 Å². The second-order valence-electron chi connectivity index (χ2n) is 7.09. The molecule has 166 valence electrons. The van der Waals surface area contributed by atoms with Gasteiger partial charge in [-0.05, 0) is 29.8 Å². The van der Waals surface area contributed by atoms with Crippen LogP contribution in [-0.2, 0) is 12.7 Å². The number of halogens is 3. The third-order valence-electron chi connectivity index (χ3n) is 5.03. The van der Waals surface area contributed by atoms with Gasteiger partial charge in [-0.2, -0.15) is 23.4 Å². The van der Waals surface area contributed by atoms with Crippen LogP contribution in [0.4, 0.5) is 23.8 Å². The Hall–Kier alpha value is -3.94. The number of benzene rings is 1. The van der Waals surface area contributed by atoms with Gasteiger partial charge >= 0.3 is 12.2 Å². The van der Waals surface area contributed by atoms with Crippen LogP contribution in [0.3, 0.4) is 0 Å². The molecule has 0 radical (unpaired) electrons. The van der Waals surface area contributed by atoms with Gasteiger partial charge in [0.1, 0.15) is 6.07 Å². The van der Waals surface area contributed by atoms with E-state index in [0.717, 1.165) is 12.1 Å². The number of amides is 2. The molecule has 2 amide bonds. The Morgan fingerprint density at radius 1 is 1.16 bits per heavy atom. The molecule has 1 aliphatic heterocycles. The number of nitriles is 1. The van der Waals surface area contributed by atoms with Gasteiger partial charge < -0.3 is 24.0 Å². The highest BCUT2D eigenvalue weighted by molar-refractivity contribution is 5.74. The summed E-state index contributed by atoms with van der Waals surface area (Å²) in [5, 5.41) is 12.1. The zero-order valence-corrected chi connectivity index (χ0v) is 16.7. The Labute approximate surface area is 180 Å². The van der Waals surface area contributed by atoms with Crippen LogP contribution in [-0.4, -0.2) is 42.1 Å². The molecule has 3 aromatic rings. The quantitative estimate of drug-likeness (QED) is 0.655. The molecule has 32 heavy (non-hydrogen) atoms. The monoisotopic (exact) mass is 445 g/mol. The number of anilines is 1. The van der Waals surface area contributed by atoms with Crippen molar-refractivity contribution in [3.63, 3.8) is 0 Å². The molecule has 0 bridgehead atoms. The minimum absolute atomic E-state index is 0.115. The number of aromatic nitrogens is 1. The molecule has 0 unspecified atom stereocenters. The Morgan fingerprint density at radius 2 is 1.88 bits per heavy atom. The molecule has 11 heteroatoms. The zero-order chi connectivity index (χ0) is 22.7.